The molecule has 1 fully saturated rings. The van der Waals surface area contributed by atoms with Gasteiger partial charge < -0.3 is 18.6 Å². The van der Waals surface area contributed by atoms with E-state index in [1.165, 1.54) is 12.2 Å². The molecule has 0 spiro atoms. The Labute approximate surface area is 394 Å². The molecule has 3 heterocycles. The van der Waals surface area contributed by atoms with Gasteiger partial charge >= 0.3 is 11.9 Å². The molecule has 16 nitrogen and oxygen atoms in total. The fourth-order valence-electron chi connectivity index (χ4n) is 9.98. The largest absolute Gasteiger partial charge is 0.466 e. The van der Waals surface area contributed by atoms with Crippen molar-refractivity contribution >= 4 is 111 Å². The van der Waals surface area contributed by atoms with E-state index < -0.39 is 54.7 Å². The van der Waals surface area contributed by atoms with Gasteiger partial charge in [-0.2, -0.15) is 0 Å². The first-order valence-electron chi connectivity index (χ1n) is 22.3. The molecule has 10 rings (SSSR count). The van der Waals surface area contributed by atoms with Crippen molar-refractivity contribution in [3.8, 4) is 11.1 Å². The molecule has 1 unspecified atom stereocenters. The number of hydrogen-bond acceptors (Lipinski definition) is 13. The first kappa shape index (κ1) is 44.5. The molecule has 0 amide bonds. The van der Waals surface area contributed by atoms with Gasteiger partial charge in [0.2, 0.25) is 0 Å². The molecule has 0 saturated carbocycles. The molecule has 1 atom stereocenters. The molecule has 344 valence electrons. The van der Waals surface area contributed by atoms with E-state index >= 15 is 0 Å². The number of carbonyl (C=O) groups is 3. The Bertz CT molecular complexity index is 3450. The number of aryl methyl sites for hydroxylation is 2. The average Bonchev–Trinajstić information content (AvgIpc) is 4.12. The number of aromatic nitrogens is 2. The predicted molar refractivity (Wildman–Crippen MR) is 263 cm³/mol. The van der Waals surface area contributed by atoms with Gasteiger partial charge in [0, 0.05) is 109 Å². The molecular formula is C50H41N5O11S2. The number of carbonyl (C=O) groups excluding carboxylic acids is 3. The normalized spacial score (nSPS) is 14.3. The van der Waals surface area contributed by atoms with Gasteiger partial charge in [-0.05, 0) is 44.2 Å². The molecule has 6 aromatic carbocycles. The lowest BCUT2D eigenvalue weighted by Crippen LogP contribution is -2.11. The number of non-ortho nitro benzene ring substituents is 2. The van der Waals surface area contributed by atoms with Gasteiger partial charge in [-0.1, -0.05) is 88.7 Å². The van der Waals surface area contributed by atoms with E-state index in [4.69, 9.17) is 9.47 Å². The molecule has 1 aliphatic heterocycles. The fourth-order valence-corrected chi connectivity index (χ4v) is 13.0. The van der Waals surface area contributed by atoms with Gasteiger partial charge in [-0.15, -0.1) is 0 Å². The van der Waals surface area contributed by atoms with Crippen LogP contribution in [0.3, 0.4) is 0 Å². The molecule has 2 aliphatic rings. The number of nitrogens with zero attached hydrogens (tertiary/aromatic N) is 5. The quantitative estimate of drug-likeness (QED) is 0.0274. The minimum atomic E-state index is -1.05. The zero-order valence-corrected chi connectivity index (χ0v) is 38.0. The van der Waals surface area contributed by atoms with Crippen molar-refractivity contribution in [2.45, 2.75) is 63.3 Å². The van der Waals surface area contributed by atoms with Gasteiger partial charge in [0.25, 0.3) is 17.1 Å². The van der Waals surface area contributed by atoms with Crippen molar-refractivity contribution in [2.75, 3.05) is 19.0 Å². The van der Waals surface area contributed by atoms with Crippen LogP contribution in [-0.4, -0.2) is 65.8 Å². The summed E-state index contributed by atoms with van der Waals surface area (Å²) in [5.41, 5.74) is 0.0891. The number of fused-ring (bicyclic) bond motifs is 13. The molecule has 1 aliphatic carbocycles. The maximum atomic E-state index is 13.9. The second-order valence-corrected chi connectivity index (χ2v) is 19.7. The summed E-state index contributed by atoms with van der Waals surface area (Å²) in [6, 6.07) is 28.0. The fraction of sp³-hybridized carbons (Fsp3) is 0.260. The van der Waals surface area contributed by atoms with E-state index in [0.29, 0.717) is 43.9 Å². The lowest BCUT2D eigenvalue weighted by atomic mass is 9.97. The van der Waals surface area contributed by atoms with Gasteiger partial charge in [-0.3, -0.25) is 39.9 Å². The maximum Gasteiger partial charge on any atom is 0.339 e. The highest BCUT2D eigenvalue weighted by Crippen LogP contribution is 2.49. The van der Waals surface area contributed by atoms with Crippen LogP contribution in [0.4, 0.5) is 17.1 Å². The summed E-state index contributed by atoms with van der Waals surface area (Å²) in [5.74, 6) is -0.934. The van der Waals surface area contributed by atoms with E-state index in [2.05, 4.69) is 39.5 Å². The number of ketones is 1. The van der Waals surface area contributed by atoms with Crippen LogP contribution in [0.5, 0.6) is 0 Å². The highest BCUT2D eigenvalue weighted by atomic mass is 33.1. The van der Waals surface area contributed by atoms with Crippen molar-refractivity contribution < 1.29 is 38.6 Å². The van der Waals surface area contributed by atoms with Crippen LogP contribution in [-0.2, 0) is 27.4 Å². The molecule has 2 aromatic heterocycles. The van der Waals surface area contributed by atoms with E-state index in [-0.39, 0.29) is 35.7 Å². The lowest BCUT2D eigenvalue weighted by molar-refractivity contribution is -0.393. The zero-order valence-electron chi connectivity index (χ0n) is 36.3. The predicted octanol–water partition coefficient (Wildman–Crippen LogP) is 11.9. The number of nitro benzene ring substituents is 3. The Morgan fingerprint density at radius 2 is 1.19 bits per heavy atom. The van der Waals surface area contributed by atoms with Crippen molar-refractivity contribution in [1.29, 1.82) is 0 Å². The monoisotopic (exact) mass is 951 g/mol. The second-order valence-electron chi connectivity index (χ2n) is 16.9. The van der Waals surface area contributed by atoms with Crippen molar-refractivity contribution in [3.63, 3.8) is 0 Å². The third-order valence-electron chi connectivity index (χ3n) is 12.9. The third kappa shape index (κ3) is 7.86. The average molecular weight is 952 g/mol. The van der Waals surface area contributed by atoms with Crippen LogP contribution in [0, 0.1) is 30.3 Å². The molecule has 8 aromatic rings. The second kappa shape index (κ2) is 18.4. The highest BCUT2D eigenvalue weighted by molar-refractivity contribution is 8.77. The number of unbranched alkanes of at least 4 members (excludes halogenated alkanes) is 1. The Kier molecular flexibility index (Phi) is 12.1. The molecular weight excluding hydrogens is 911 g/mol. The van der Waals surface area contributed by atoms with Crippen LogP contribution < -0.4 is 0 Å². The van der Waals surface area contributed by atoms with E-state index in [1.54, 1.807) is 0 Å². The Balaban J connectivity index is 0.946. The molecule has 18 heteroatoms. The first-order chi connectivity index (χ1) is 33.0. The van der Waals surface area contributed by atoms with Crippen LogP contribution >= 0.6 is 21.6 Å². The highest BCUT2D eigenvalue weighted by Gasteiger charge is 2.40. The summed E-state index contributed by atoms with van der Waals surface area (Å²) in [5, 5.41) is 42.8. The molecule has 0 radical (unpaired) electrons. The van der Waals surface area contributed by atoms with E-state index in [0.717, 1.165) is 91.8 Å². The van der Waals surface area contributed by atoms with Crippen molar-refractivity contribution in [2.24, 2.45) is 0 Å². The van der Waals surface area contributed by atoms with Crippen LogP contribution in [0.2, 0.25) is 0 Å². The summed E-state index contributed by atoms with van der Waals surface area (Å²) in [6.45, 7) is 1.13. The standard InChI is InChI=1S/C50H41N5O11S2/c56-42(18-8-1-11-31-19-24-67-68-31)65-22-9-20-51-39-16-6-4-14-34(39)45-46-35-15-5-7-17-40(35)52(48(46)33-13-3-2-12-32(33)47(45)51)21-10-23-66-50(58)38-27-29(53(59)60)25-36-43(38)44-37(49(36)57)26-30(54(61)62)28-41(44)55(63)64/h2-7,12-17,25-28,31H,1,8-11,18-24H2. The van der Waals surface area contributed by atoms with Crippen LogP contribution in [0.1, 0.15) is 71.2 Å². The molecule has 0 N–H and O–H groups in total. The Morgan fingerprint density at radius 1 is 0.647 bits per heavy atom. The number of rotatable bonds is 17. The van der Waals surface area contributed by atoms with Gasteiger partial charge in [-0.25, -0.2) is 4.79 Å². The molecule has 0 bridgehead atoms. The number of esters is 2. The van der Waals surface area contributed by atoms with Gasteiger partial charge in [0.1, 0.15) is 0 Å². The SMILES string of the molecule is O=C(CCCCC1CCSS1)OCCCn1c2ccccc2c2c3c4ccccc4n(CCCOC(=O)c4cc([N+](=O)[O-])cc5c4-c4c(cc([N+](=O)[O-])cc4[N+](=O)[O-])C5=O)c3c3ccccc3c21. The number of benzene rings is 6. The summed E-state index contributed by atoms with van der Waals surface area (Å²) >= 11 is 0. The smallest absolute Gasteiger partial charge is 0.339 e. The van der Waals surface area contributed by atoms with Crippen LogP contribution in [0.15, 0.2) is 97.1 Å². The number of nitro groups is 3. The zero-order chi connectivity index (χ0) is 47.2. The first-order valence-corrected chi connectivity index (χ1v) is 24.7. The van der Waals surface area contributed by atoms with Crippen LogP contribution in [0.25, 0.3) is 65.5 Å². The van der Waals surface area contributed by atoms with E-state index in [1.807, 2.05) is 64.1 Å². The van der Waals surface area contributed by atoms with Crippen molar-refractivity contribution in [1.82, 2.24) is 9.13 Å². The minimum absolute atomic E-state index is 0.161. The Hall–Kier alpha value is -7.31. The number of ether oxygens (including phenoxy) is 2. The maximum absolute atomic E-state index is 13.9. The number of hydrogen-bond donors (Lipinski definition) is 0. The summed E-state index contributed by atoms with van der Waals surface area (Å²) in [4.78, 5) is 73.5. The van der Waals surface area contributed by atoms with E-state index in [9.17, 15) is 44.7 Å². The van der Waals surface area contributed by atoms with Gasteiger partial charge in [0.05, 0.1) is 56.2 Å². The topological polar surface area (TPSA) is 209 Å². The Morgan fingerprint density at radius 3 is 1.75 bits per heavy atom. The minimum Gasteiger partial charge on any atom is -0.466 e. The summed E-state index contributed by atoms with van der Waals surface area (Å²) in [7, 11) is 3.90. The number of para-hydroxylation sites is 2. The lowest BCUT2D eigenvalue weighted by Gasteiger charge is -2.14. The third-order valence-corrected chi connectivity index (χ3v) is 15.9. The molecule has 1 saturated heterocycles. The molecule has 68 heavy (non-hydrogen) atoms. The van der Waals surface area contributed by atoms with Crippen molar-refractivity contribution in [3.05, 3.63) is 144 Å². The summed E-state index contributed by atoms with van der Waals surface area (Å²) in [6.07, 6.45) is 5.57. The summed E-state index contributed by atoms with van der Waals surface area (Å²) < 4.78 is 16.0. The van der Waals surface area contributed by atoms with Gasteiger partial charge in [0.15, 0.2) is 5.78 Å².